The second-order valence-corrected chi connectivity index (χ2v) is 1.69. The summed E-state index contributed by atoms with van der Waals surface area (Å²) in [7, 11) is 0. The summed E-state index contributed by atoms with van der Waals surface area (Å²) in [4.78, 5) is 0. The number of nitrogens with two attached hydrogens (primary N) is 1. The summed E-state index contributed by atoms with van der Waals surface area (Å²) in [6, 6.07) is 0.565. The Morgan fingerprint density at radius 2 is 1.33 bits per heavy atom. The summed E-state index contributed by atoms with van der Waals surface area (Å²) in [5.74, 6) is 0. The van der Waals surface area contributed by atoms with E-state index < -0.39 is 0 Å². The maximum atomic E-state index is 5.38. The molecule has 0 aromatic rings. The summed E-state index contributed by atoms with van der Waals surface area (Å²) in [6.07, 6.45) is 3.89. The number of halogens is 2. The Kier molecular flexibility index (Phi) is 29.8. The van der Waals surface area contributed by atoms with Crippen LogP contribution < -0.4 is 36.7 Å². The van der Waals surface area contributed by atoms with Crippen LogP contribution in [0.4, 0.5) is 0 Å². The third-order valence-electron chi connectivity index (χ3n) is 1.15. The molecule has 0 bridgehead atoms. The van der Waals surface area contributed by atoms with Crippen LogP contribution in [0.15, 0.2) is 0 Å². The third kappa shape index (κ3) is 9.19. The van der Waals surface area contributed by atoms with Crippen molar-refractivity contribution >= 4 is 0 Å². The molecule has 1 aliphatic rings. The molecule has 0 atom stereocenters. The van der Waals surface area contributed by atoms with E-state index in [1.165, 1.54) is 19.3 Å². The summed E-state index contributed by atoms with van der Waals surface area (Å²) < 4.78 is 0. The van der Waals surface area contributed by atoms with Gasteiger partial charge in [0.2, 0.25) is 0 Å². The van der Waals surface area contributed by atoms with Crippen LogP contribution in [0.25, 0.3) is 0 Å². The van der Waals surface area contributed by atoms with Crippen molar-refractivity contribution in [2.75, 3.05) is 0 Å². The van der Waals surface area contributed by atoms with E-state index >= 15 is 0 Å². The molecule has 9 heavy (non-hydrogen) atoms. The Balaban J connectivity index is -0.0000000312. The van der Waals surface area contributed by atoms with Gasteiger partial charge >= 0.3 is 21.1 Å². The molecule has 0 heterocycles. The van der Waals surface area contributed by atoms with Crippen molar-refractivity contribution in [2.45, 2.75) is 25.3 Å². The quantitative estimate of drug-likeness (QED) is 0.457. The van der Waals surface area contributed by atoms with E-state index in [0.717, 1.165) is 0 Å². The molecule has 1 rings (SSSR count). The molecule has 0 amide bonds. The Bertz CT molecular complexity index is 43.5. The minimum Gasteiger partial charge on any atom is -1.00 e. The van der Waals surface area contributed by atoms with Gasteiger partial charge in [-0.2, -0.15) is 0 Å². The second-order valence-electron chi connectivity index (χ2n) is 1.69. The Labute approximate surface area is 83.0 Å². The van der Waals surface area contributed by atoms with Gasteiger partial charge in [0.15, 0.2) is 0 Å². The predicted octanol–water partition coefficient (Wildman–Crippen LogP) is -5.33. The maximum absolute atomic E-state index is 5.38. The van der Waals surface area contributed by atoms with E-state index in [4.69, 9.17) is 5.73 Å². The van der Waals surface area contributed by atoms with Gasteiger partial charge in [0.05, 0.1) is 0 Å². The topological polar surface area (TPSA) is 61.0 Å². The van der Waals surface area contributed by atoms with Crippen molar-refractivity contribution in [1.82, 2.24) is 6.15 Å². The molecular formula is C4H12Cl2N2Pt. The zero-order valence-electron chi connectivity index (χ0n) is 5.06. The number of hydrogen-bond acceptors (Lipinski definition) is 2. The minimum absolute atomic E-state index is 0. The van der Waals surface area contributed by atoms with Crippen LogP contribution in [-0.2, 0) is 21.1 Å². The largest absolute Gasteiger partial charge is 2.00 e. The molecule has 1 fully saturated rings. The van der Waals surface area contributed by atoms with E-state index in [9.17, 15) is 0 Å². The fourth-order valence-corrected chi connectivity index (χ4v) is 0.440. The molecule has 0 aliphatic heterocycles. The Hall–Kier alpha value is 1.19. The van der Waals surface area contributed by atoms with Crippen LogP contribution in [0.1, 0.15) is 19.3 Å². The predicted molar refractivity (Wildman–Crippen MR) is 26.8 cm³/mol. The molecule has 0 aromatic heterocycles. The maximum Gasteiger partial charge on any atom is 2.00 e. The van der Waals surface area contributed by atoms with E-state index in [0.29, 0.717) is 6.04 Å². The molecule has 0 spiro atoms. The van der Waals surface area contributed by atoms with Crippen molar-refractivity contribution in [1.29, 1.82) is 0 Å². The monoisotopic (exact) mass is 353 g/mol. The van der Waals surface area contributed by atoms with Crippen molar-refractivity contribution in [3.8, 4) is 0 Å². The zero-order valence-corrected chi connectivity index (χ0v) is 8.84. The molecule has 2 nitrogen and oxygen atoms in total. The first-order valence-electron chi connectivity index (χ1n) is 2.15. The van der Waals surface area contributed by atoms with Crippen molar-refractivity contribution in [3.05, 3.63) is 0 Å². The summed E-state index contributed by atoms with van der Waals surface area (Å²) >= 11 is 0. The summed E-state index contributed by atoms with van der Waals surface area (Å²) in [5.41, 5.74) is 5.38. The van der Waals surface area contributed by atoms with E-state index in [1.54, 1.807) is 0 Å². The van der Waals surface area contributed by atoms with Crippen molar-refractivity contribution in [2.24, 2.45) is 5.73 Å². The normalized spacial score (nSPS) is 14.3. The van der Waals surface area contributed by atoms with Crippen LogP contribution in [0.3, 0.4) is 0 Å². The average Bonchev–Trinajstić information content (AvgIpc) is 1.30. The van der Waals surface area contributed by atoms with Crippen molar-refractivity contribution in [3.63, 3.8) is 0 Å². The van der Waals surface area contributed by atoms with Crippen LogP contribution in [-0.4, -0.2) is 6.04 Å². The van der Waals surface area contributed by atoms with Gasteiger partial charge in [-0.1, -0.05) is 6.42 Å². The molecule has 62 valence electrons. The van der Waals surface area contributed by atoms with Gasteiger partial charge in [0, 0.05) is 6.04 Å². The molecule has 5 heteroatoms. The van der Waals surface area contributed by atoms with Crippen LogP contribution in [0.5, 0.6) is 0 Å². The van der Waals surface area contributed by atoms with Crippen LogP contribution in [0, 0.1) is 0 Å². The van der Waals surface area contributed by atoms with Gasteiger partial charge < -0.3 is 36.7 Å². The van der Waals surface area contributed by atoms with Gasteiger partial charge in [-0.05, 0) is 12.8 Å². The van der Waals surface area contributed by atoms with Crippen LogP contribution in [0.2, 0.25) is 0 Å². The SMILES string of the molecule is N.NC1CCC1.[Cl-].[Cl-].[Pt+2]. The zero-order chi connectivity index (χ0) is 3.70. The smallest absolute Gasteiger partial charge is 1.00 e. The first-order chi connectivity index (χ1) is 2.39. The molecule has 0 saturated heterocycles. The number of hydrogen-bond donors (Lipinski definition) is 2. The molecular weight excluding hydrogens is 342 g/mol. The van der Waals surface area contributed by atoms with E-state index in [2.05, 4.69) is 0 Å². The fraction of sp³-hybridized carbons (Fsp3) is 1.00. The Morgan fingerprint density at radius 3 is 1.33 bits per heavy atom. The first kappa shape index (κ1) is 22.5. The van der Waals surface area contributed by atoms with E-state index in [-0.39, 0.29) is 52.0 Å². The minimum atomic E-state index is 0. The molecule has 0 unspecified atom stereocenters. The van der Waals surface area contributed by atoms with Gasteiger partial charge in [-0.15, -0.1) is 0 Å². The van der Waals surface area contributed by atoms with Gasteiger partial charge in [-0.25, -0.2) is 0 Å². The molecule has 1 aliphatic carbocycles. The van der Waals surface area contributed by atoms with Crippen LogP contribution >= 0.6 is 0 Å². The molecule has 0 aromatic carbocycles. The Morgan fingerprint density at radius 1 is 1.11 bits per heavy atom. The number of rotatable bonds is 0. The average molecular weight is 354 g/mol. The van der Waals surface area contributed by atoms with E-state index in [1.807, 2.05) is 0 Å². The van der Waals surface area contributed by atoms with Gasteiger partial charge in [0.1, 0.15) is 0 Å². The fourth-order valence-electron chi connectivity index (χ4n) is 0.440. The second kappa shape index (κ2) is 11.9. The molecule has 0 radical (unpaired) electrons. The standard InChI is InChI=1S/C4H9N.2ClH.H3N.Pt/c5-4-2-1-3-4;;;;/h4H,1-3,5H2;2*1H;1H3;/q;;;;+2/p-2. The van der Waals surface area contributed by atoms with Gasteiger partial charge in [0.25, 0.3) is 0 Å². The van der Waals surface area contributed by atoms with Gasteiger partial charge in [-0.3, -0.25) is 0 Å². The summed E-state index contributed by atoms with van der Waals surface area (Å²) in [6.45, 7) is 0. The third-order valence-corrected chi connectivity index (χ3v) is 1.15. The first-order valence-corrected chi connectivity index (χ1v) is 2.15. The molecule has 5 N–H and O–H groups in total. The van der Waals surface area contributed by atoms with Crippen molar-refractivity contribution < 1.29 is 45.9 Å². The summed E-state index contributed by atoms with van der Waals surface area (Å²) in [5, 5.41) is 0. The molecule has 1 saturated carbocycles.